The molecule has 2 unspecified atom stereocenters. The van der Waals surface area contributed by atoms with Crippen LogP contribution in [0.2, 0.25) is 5.02 Å². The number of amides is 1. The smallest absolute Gasteiger partial charge is 0.265 e. The van der Waals surface area contributed by atoms with Crippen molar-refractivity contribution in [3.8, 4) is 5.75 Å². The van der Waals surface area contributed by atoms with Crippen molar-refractivity contribution in [1.82, 2.24) is 5.32 Å². The van der Waals surface area contributed by atoms with E-state index in [1.807, 2.05) is 0 Å². The molecule has 112 valence electrons. The standard InChI is InChI=1S/C15H16ClNO3S/c1-9(13(18)10-3-5-11(16)6-4-10)17-15(19)14-12(20-2)7-8-21-14/h3-9,13,18H,1-2H3,(H,17,19). The molecule has 21 heavy (non-hydrogen) atoms. The summed E-state index contributed by atoms with van der Waals surface area (Å²) in [5.74, 6) is 0.271. The summed E-state index contributed by atoms with van der Waals surface area (Å²) in [4.78, 5) is 12.7. The maximum Gasteiger partial charge on any atom is 0.265 e. The number of aliphatic hydroxyl groups is 1. The van der Waals surface area contributed by atoms with Crippen LogP contribution in [0.15, 0.2) is 35.7 Å². The number of methoxy groups -OCH3 is 1. The first kappa shape index (κ1) is 15.8. The van der Waals surface area contributed by atoms with Gasteiger partial charge in [0.15, 0.2) is 0 Å². The molecule has 0 saturated heterocycles. The number of carbonyl (C=O) groups excluding carboxylic acids is 1. The Labute approximate surface area is 132 Å². The number of benzene rings is 1. The Balaban J connectivity index is 2.05. The molecule has 1 aromatic carbocycles. The molecule has 0 spiro atoms. The average Bonchev–Trinajstić information content (AvgIpc) is 2.95. The van der Waals surface area contributed by atoms with E-state index in [9.17, 15) is 9.90 Å². The van der Waals surface area contributed by atoms with Crippen LogP contribution in [0.25, 0.3) is 0 Å². The summed E-state index contributed by atoms with van der Waals surface area (Å²) in [6, 6.07) is 8.18. The molecule has 0 radical (unpaired) electrons. The van der Waals surface area contributed by atoms with Crippen molar-refractivity contribution < 1.29 is 14.6 Å². The molecule has 2 atom stereocenters. The molecular weight excluding hydrogens is 310 g/mol. The van der Waals surface area contributed by atoms with Crippen LogP contribution < -0.4 is 10.1 Å². The molecule has 0 fully saturated rings. The van der Waals surface area contributed by atoms with E-state index in [0.717, 1.165) is 0 Å². The fraction of sp³-hybridized carbons (Fsp3) is 0.267. The highest BCUT2D eigenvalue weighted by atomic mass is 35.5. The van der Waals surface area contributed by atoms with Gasteiger partial charge in [-0.15, -0.1) is 11.3 Å². The first-order chi connectivity index (χ1) is 10.0. The van der Waals surface area contributed by atoms with Gasteiger partial charge in [0.2, 0.25) is 0 Å². The zero-order valence-electron chi connectivity index (χ0n) is 11.7. The summed E-state index contributed by atoms with van der Waals surface area (Å²) in [6.45, 7) is 1.75. The maximum absolute atomic E-state index is 12.2. The first-order valence-corrected chi connectivity index (χ1v) is 7.64. The summed E-state index contributed by atoms with van der Waals surface area (Å²) in [6.07, 6.45) is -0.808. The molecule has 2 rings (SSSR count). The van der Waals surface area contributed by atoms with Gasteiger partial charge in [-0.2, -0.15) is 0 Å². The van der Waals surface area contributed by atoms with Gasteiger partial charge in [0, 0.05) is 5.02 Å². The van der Waals surface area contributed by atoms with Crippen molar-refractivity contribution in [2.24, 2.45) is 0 Å². The Morgan fingerprint density at radius 3 is 2.62 bits per heavy atom. The third-order valence-electron chi connectivity index (χ3n) is 3.10. The SMILES string of the molecule is COc1ccsc1C(=O)NC(C)C(O)c1ccc(Cl)cc1. The minimum atomic E-state index is -0.808. The van der Waals surface area contributed by atoms with Crippen molar-refractivity contribution in [3.63, 3.8) is 0 Å². The molecule has 1 aromatic heterocycles. The van der Waals surface area contributed by atoms with E-state index in [1.165, 1.54) is 18.4 Å². The van der Waals surface area contributed by atoms with Gasteiger partial charge < -0.3 is 15.2 Å². The molecule has 0 aliphatic rings. The Kier molecular flexibility index (Phi) is 5.22. The summed E-state index contributed by atoms with van der Waals surface area (Å²) in [7, 11) is 1.52. The van der Waals surface area contributed by atoms with Crippen LogP contribution in [0, 0.1) is 0 Å². The maximum atomic E-state index is 12.2. The summed E-state index contributed by atoms with van der Waals surface area (Å²) in [5.41, 5.74) is 0.699. The van der Waals surface area contributed by atoms with Gasteiger partial charge in [-0.05, 0) is 36.1 Å². The highest BCUT2D eigenvalue weighted by Gasteiger charge is 2.21. The highest BCUT2D eigenvalue weighted by Crippen LogP contribution is 2.25. The van der Waals surface area contributed by atoms with Gasteiger partial charge in [-0.3, -0.25) is 4.79 Å². The van der Waals surface area contributed by atoms with Crippen molar-refractivity contribution in [3.05, 3.63) is 51.2 Å². The normalized spacial score (nSPS) is 13.5. The highest BCUT2D eigenvalue weighted by molar-refractivity contribution is 7.12. The van der Waals surface area contributed by atoms with Gasteiger partial charge >= 0.3 is 0 Å². The fourth-order valence-corrected chi connectivity index (χ4v) is 2.81. The van der Waals surface area contributed by atoms with Crippen LogP contribution in [-0.4, -0.2) is 24.2 Å². The molecule has 1 heterocycles. The van der Waals surface area contributed by atoms with E-state index in [2.05, 4.69) is 5.32 Å². The number of halogens is 1. The number of hydrogen-bond acceptors (Lipinski definition) is 4. The number of rotatable bonds is 5. The Morgan fingerprint density at radius 2 is 2.00 bits per heavy atom. The summed E-state index contributed by atoms with van der Waals surface area (Å²) >= 11 is 7.11. The first-order valence-electron chi connectivity index (χ1n) is 6.38. The van der Waals surface area contributed by atoms with Gasteiger partial charge in [0.1, 0.15) is 10.6 Å². The molecule has 1 amide bonds. The Morgan fingerprint density at radius 1 is 1.33 bits per heavy atom. The van der Waals surface area contributed by atoms with Crippen molar-refractivity contribution in [1.29, 1.82) is 0 Å². The minimum absolute atomic E-state index is 0.262. The van der Waals surface area contributed by atoms with E-state index < -0.39 is 12.1 Å². The lowest BCUT2D eigenvalue weighted by Crippen LogP contribution is -2.36. The zero-order chi connectivity index (χ0) is 15.4. The van der Waals surface area contributed by atoms with Crippen LogP contribution in [0.3, 0.4) is 0 Å². The van der Waals surface area contributed by atoms with Gasteiger partial charge in [0.05, 0.1) is 19.3 Å². The molecule has 6 heteroatoms. The van der Waals surface area contributed by atoms with E-state index in [0.29, 0.717) is 21.2 Å². The molecule has 0 aliphatic heterocycles. The third kappa shape index (κ3) is 3.75. The van der Waals surface area contributed by atoms with Crippen LogP contribution in [-0.2, 0) is 0 Å². The number of nitrogens with one attached hydrogen (secondary N) is 1. The number of aliphatic hydroxyl groups excluding tert-OH is 1. The Bertz CT molecular complexity index is 612. The quantitative estimate of drug-likeness (QED) is 0.887. The van der Waals surface area contributed by atoms with E-state index in [1.54, 1.807) is 42.6 Å². The van der Waals surface area contributed by atoms with Gasteiger partial charge in [0.25, 0.3) is 5.91 Å². The van der Waals surface area contributed by atoms with Gasteiger partial charge in [-0.1, -0.05) is 23.7 Å². The summed E-state index contributed by atoms with van der Waals surface area (Å²) < 4.78 is 5.12. The van der Waals surface area contributed by atoms with Gasteiger partial charge in [-0.25, -0.2) is 0 Å². The lowest BCUT2D eigenvalue weighted by Gasteiger charge is -2.20. The molecule has 0 aliphatic carbocycles. The molecule has 2 N–H and O–H groups in total. The van der Waals surface area contributed by atoms with Crippen molar-refractivity contribution in [2.45, 2.75) is 19.1 Å². The van der Waals surface area contributed by atoms with Crippen LogP contribution in [0.4, 0.5) is 0 Å². The largest absolute Gasteiger partial charge is 0.495 e. The van der Waals surface area contributed by atoms with Crippen molar-refractivity contribution in [2.75, 3.05) is 7.11 Å². The van der Waals surface area contributed by atoms with Crippen LogP contribution in [0.1, 0.15) is 28.3 Å². The van der Waals surface area contributed by atoms with Crippen molar-refractivity contribution >= 4 is 28.8 Å². The topological polar surface area (TPSA) is 58.6 Å². The second kappa shape index (κ2) is 6.93. The number of ether oxygens (including phenoxy) is 1. The second-order valence-corrected chi connectivity index (χ2v) is 5.93. The third-order valence-corrected chi connectivity index (χ3v) is 4.25. The molecule has 4 nitrogen and oxygen atoms in total. The zero-order valence-corrected chi connectivity index (χ0v) is 13.2. The fourth-order valence-electron chi connectivity index (χ4n) is 1.92. The van der Waals surface area contributed by atoms with E-state index >= 15 is 0 Å². The second-order valence-electron chi connectivity index (χ2n) is 4.58. The summed E-state index contributed by atoms with van der Waals surface area (Å²) in [5, 5.41) is 15.4. The van der Waals surface area contributed by atoms with E-state index in [4.69, 9.17) is 16.3 Å². The average molecular weight is 326 g/mol. The number of hydrogen-bond donors (Lipinski definition) is 2. The van der Waals surface area contributed by atoms with E-state index in [-0.39, 0.29) is 5.91 Å². The van der Waals surface area contributed by atoms with Crippen LogP contribution in [0.5, 0.6) is 5.75 Å². The molecule has 0 saturated carbocycles. The Hall–Kier alpha value is -1.56. The number of thiophene rings is 1. The molecule has 0 bridgehead atoms. The predicted molar refractivity (Wildman–Crippen MR) is 84.2 cm³/mol. The monoisotopic (exact) mass is 325 g/mol. The number of carbonyl (C=O) groups is 1. The minimum Gasteiger partial charge on any atom is -0.495 e. The molecule has 2 aromatic rings. The predicted octanol–water partition coefficient (Wildman–Crippen LogP) is 3.26. The molecular formula is C15H16ClNO3S. The lowest BCUT2D eigenvalue weighted by molar-refractivity contribution is 0.0853. The lowest BCUT2D eigenvalue weighted by atomic mass is 10.0. The van der Waals surface area contributed by atoms with Crippen LogP contribution >= 0.6 is 22.9 Å².